The van der Waals surface area contributed by atoms with Gasteiger partial charge in [0.05, 0.1) is 22.3 Å². The second kappa shape index (κ2) is 5.98. The van der Waals surface area contributed by atoms with Gasteiger partial charge in [0.2, 0.25) is 0 Å². The van der Waals surface area contributed by atoms with E-state index in [4.69, 9.17) is 16.3 Å². The van der Waals surface area contributed by atoms with Crippen LogP contribution in [-0.4, -0.2) is 23.7 Å². The molecule has 0 amide bonds. The van der Waals surface area contributed by atoms with Crippen molar-refractivity contribution in [3.05, 3.63) is 35.5 Å². The van der Waals surface area contributed by atoms with E-state index < -0.39 is 0 Å². The smallest absolute Gasteiger partial charge is 0.0948 e. The van der Waals surface area contributed by atoms with Gasteiger partial charge in [-0.05, 0) is 43.5 Å². The zero-order chi connectivity index (χ0) is 13.9. The SMILES string of the molecule is CCC1CC(Nc2ccc(Cl)c3cccnc23)CCO1. The third-order valence-electron chi connectivity index (χ3n) is 3.90. The molecule has 2 atom stereocenters. The summed E-state index contributed by atoms with van der Waals surface area (Å²) in [4.78, 5) is 4.47. The van der Waals surface area contributed by atoms with Gasteiger partial charge in [-0.15, -0.1) is 0 Å². The molecule has 4 heteroatoms. The Morgan fingerprint density at radius 2 is 2.30 bits per heavy atom. The number of nitrogens with one attached hydrogen (secondary N) is 1. The van der Waals surface area contributed by atoms with Crippen LogP contribution in [0, 0.1) is 0 Å². The van der Waals surface area contributed by atoms with Crippen LogP contribution in [0.1, 0.15) is 26.2 Å². The van der Waals surface area contributed by atoms with Gasteiger partial charge in [0.1, 0.15) is 0 Å². The maximum atomic E-state index is 6.23. The van der Waals surface area contributed by atoms with Crippen LogP contribution in [0.4, 0.5) is 5.69 Å². The number of pyridine rings is 1. The molecule has 0 saturated carbocycles. The predicted octanol–water partition coefficient (Wildman–Crippen LogP) is 4.26. The molecule has 1 aliphatic heterocycles. The molecule has 1 fully saturated rings. The number of ether oxygens (including phenoxy) is 1. The Labute approximate surface area is 124 Å². The van der Waals surface area contributed by atoms with Crippen LogP contribution < -0.4 is 5.32 Å². The Bertz CT molecular complexity index is 602. The van der Waals surface area contributed by atoms with E-state index in [-0.39, 0.29) is 0 Å². The van der Waals surface area contributed by atoms with Gasteiger partial charge >= 0.3 is 0 Å². The molecule has 0 spiro atoms. The number of halogens is 1. The number of hydrogen-bond acceptors (Lipinski definition) is 3. The fourth-order valence-corrected chi connectivity index (χ4v) is 2.99. The molecule has 0 bridgehead atoms. The average molecular weight is 291 g/mol. The highest BCUT2D eigenvalue weighted by Gasteiger charge is 2.21. The molecule has 0 aliphatic carbocycles. The molecule has 106 valence electrons. The van der Waals surface area contributed by atoms with Gasteiger partial charge in [0.25, 0.3) is 0 Å². The summed E-state index contributed by atoms with van der Waals surface area (Å²) >= 11 is 6.23. The Morgan fingerprint density at radius 3 is 3.15 bits per heavy atom. The van der Waals surface area contributed by atoms with Crippen LogP contribution >= 0.6 is 11.6 Å². The summed E-state index contributed by atoms with van der Waals surface area (Å²) in [6.45, 7) is 3.00. The zero-order valence-electron chi connectivity index (χ0n) is 11.6. The molecule has 3 rings (SSSR count). The number of hydrogen-bond donors (Lipinski definition) is 1. The van der Waals surface area contributed by atoms with Crippen LogP contribution in [0.5, 0.6) is 0 Å². The topological polar surface area (TPSA) is 34.2 Å². The maximum absolute atomic E-state index is 6.23. The van der Waals surface area contributed by atoms with Gasteiger partial charge in [-0.2, -0.15) is 0 Å². The van der Waals surface area contributed by atoms with Crippen molar-refractivity contribution in [1.29, 1.82) is 0 Å². The molecular formula is C16H19ClN2O. The fraction of sp³-hybridized carbons (Fsp3) is 0.438. The molecule has 1 aliphatic rings. The number of nitrogens with zero attached hydrogens (tertiary/aromatic N) is 1. The van der Waals surface area contributed by atoms with E-state index in [0.717, 1.165) is 47.5 Å². The van der Waals surface area contributed by atoms with Gasteiger partial charge in [0, 0.05) is 24.2 Å². The molecule has 20 heavy (non-hydrogen) atoms. The minimum atomic E-state index is 0.368. The van der Waals surface area contributed by atoms with Crippen molar-refractivity contribution in [2.45, 2.75) is 38.3 Å². The summed E-state index contributed by atoms with van der Waals surface area (Å²) in [5.41, 5.74) is 2.01. The lowest BCUT2D eigenvalue weighted by Crippen LogP contribution is -2.33. The molecule has 0 radical (unpaired) electrons. The molecule has 1 aromatic heterocycles. The number of rotatable bonds is 3. The van der Waals surface area contributed by atoms with E-state index in [1.165, 1.54) is 0 Å². The third-order valence-corrected chi connectivity index (χ3v) is 4.23. The summed E-state index contributed by atoms with van der Waals surface area (Å²) < 4.78 is 5.72. The molecule has 2 aromatic rings. The van der Waals surface area contributed by atoms with Crippen LogP contribution in [0.3, 0.4) is 0 Å². The van der Waals surface area contributed by atoms with Crippen molar-refractivity contribution in [2.24, 2.45) is 0 Å². The number of fused-ring (bicyclic) bond motifs is 1. The fourth-order valence-electron chi connectivity index (χ4n) is 2.77. The summed E-state index contributed by atoms with van der Waals surface area (Å²) in [7, 11) is 0. The average Bonchev–Trinajstić information content (AvgIpc) is 2.51. The highest BCUT2D eigenvalue weighted by atomic mass is 35.5. The summed E-state index contributed by atoms with van der Waals surface area (Å²) in [6, 6.07) is 8.33. The molecule has 1 N–H and O–H groups in total. The normalized spacial score (nSPS) is 22.9. The lowest BCUT2D eigenvalue weighted by Gasteiger charge is -2.30. The van der Waals surface area contributed by atoms with E-state index in [1.807, 2.05) is 30.5 Å². The van der Waals surface area contributed by atoms with Gasteiger partial charge in [-0.1, -0.05) is 18.5 Å². The first-order valence-corrected chi connectivity index (χ1v) is 7.57. The van der Waals surface area contributed by atoms with E-state index in [2.05, 4.69) is 17.2 Å². The minimum absolute atomic E-state index is 0.368. The Morgan fingerprint density at radius 1 is 1.40 bits per heavy atom. The lowest BCUT2D eigenvalue weighted by atomic mass is 10.0. The number of aromatic nitrogens is 1. The quantitative estimate of drug-likeness (QED) is 0.917. The zero-order valence-corrected chi connectivity index (χ0v) is 12.4. The van der Waals surface area contributed by atoms with Crippen molar-refractivity contribution < 1.29 is 4.74 Å². The molecule has 1 saturated heterocycles. The maximum Gasteiger partial charge on any atom is 0.0948 e. The Balaban J connectivity index is 1.86. The minimum Gasteiger partial charge on any atom is -0.380 e. The van der Waals surface area contributed by atoms with Crippen LogP contribution in [0.2, 0.25) is 5.02 Å². The first kappa shape index (κ1) is 13.7. The van der Waals surface area contributed by atoms with Gasteiger partial charge in [-0.25, -0.2) is 0 Å². The Kier molecular flexibility index (Phi) is 4.08. The van der Waals surface area contributed by atoms with Crippen LogP contribution in [-0.2, 0) is 4.74 Å². The van der Waals surface area contributed by atoms with E-state index in [1.54, 1.807) is 0 Å². The predicted molar refractivity (Wildman–Crippen MR) is 83.4 cm³/mol. The van der Waals surface area contributed by atoms with E-state index in [9.17, 15) is 0 Å². The lowest BCUT2D eigenvalue weighted by molar-refractivity contribution is 0.00927. The van der Waals surface area contributed by atoms with E-state index in [0.29, 0.717) is 12.1 Å². The van der Waals surface area contributed by atoms with Crippen LogP contribution in [0.25, 0.3) is 10.9 Å². The summed E-state index contributed by atoms with van der Waals surface area (Å²) in [5, 5.41) is 5.36. The monoisotopic (exact) mass is 290 g/mol. The van der Waals surface area contributed by atoms with Crippen molar-refractivity contribution >= 4 is 28.2 Å². The molecule has 2 unspecified atom stereocenters. The van der Waals surface area contributed by atoms with Crippen molar-refractivity contribution in [2.75, 3.05) is 11.9 Å². The van der Waals surface area contributed by atoms with Crippen molar-refractivity contribution in [1.82, 2.24) is 4.98 Å². The molecular weight excluding hydrogens is 272 g/mol. The van der Waals surface area contributed by atoms with Gasteiger partial charge in [0.15, 0.2) is 0 Å². The van der Waals surface area contributed by atoms with Gasteiger partial charge in [-0.3, -0.25) is 4.98 Å². The third kappa shape index (κ3) is 2.74. The van der Waals surface area contributed by atoms with Gasteiger partial charge < -0.3 is 10.1 Å². The second-order valence-electron chi connectivity index (χ2n) is 5.26. The van der Waals surface area contributed by atoms with Crippen molar-refractivity contribution in [3.63, 3.8) is 0 Å². The Hall–Kier alpha value is -1.32. The highest BCUT2D eigenvalue weighted by molar-refractivity contribution is 6.35. The van der Waals surface area contributed by atoms with E-state index >= 15 is 0 Å². The molecule has 3 nitrogen and oxygen atoms in total. The van der Waals surface area contributed by atoms with Crippen LogP contribution in [0.15, 0.2) is 30.5 Å². The summed E-state index contributed by atoms with van der Waals surface area (Å²) in [6.07, 6.45) is 5.33. The highest BCUT2D eigenvalue weighted by Crippen LogP contribution is 2.30. The molecule has 1 aromatic carbocycles. The standard InChI is InChI=1S/C16H19ClN2O/c1-2-12-10-11(7-9-20-12)19-15-6-5-14(17)13-4-3-8-18-16(13)15/h3-6,8,11-12,19H,2,7,9-10H2,1H3. The second-order valence-corrected chi connectivity index (χ2v) is 5.67. The first-order valence-electron chi connectivity index (χ1n) is 7.19. The largest absolute Gasteiger partial charge is 0.380 e. The number of anilines is 1. The molecule has 2 heterocycles. The summed E-state index contributed by atoms with van der Waals surface area (Å²) in [5.74, 6) is 0. The first-order chi connectivity index (χ1) is 9.78. The van der Waals surface area contributed by atoms with Crippen molar-refractivity contribution in [3.8, 4) is 0 Å². The number of benzene rings is 1.